The van der Waals surface area contributed by atoms with Gasteiger partial charge in [-0.15, -0.1) is 0 Å². The van der Waals surface area contributed by atoms with Gasteiger partial charge < -0.3 is 10.2 Å². The van der Waals surface area contributed by atoms with E-state index in [2.05, 4.69) is 0 Å². The first-order valence-corrected chi connectivity index (χ1v) is 8.37. The van der Waals surface area contributed by atoms with E-state index in [4.69, 9.17) is 0 Å². The molecule has 2 aromatic rings. The summed E-state index contributed by atoms with van der Waals surface area (Å²) in [7, 11) is 0. The van der Waals surface area contributed by atoms with Gasteiger partial charge >= 0.3 is 5.97 Å². The van der Waals surface area contributed by atoms with E-state index in [-0.39, 0.29) is 12.4 Å². The minimum Gasteiger partial charge on any atom is -0.480 e. The Balaban J connectivity index is 1.73. The lowest BCUT2D eigenvalue weighted by Gasteiger charge is -2.27. The number of carboxylic acids is 1. The molecule has 3 rings (SSSR count). The molecule has 1 aromatic carbocycles. The van der Waals surface area contributed by atoms with Gasteiger partial charge in [0.05, 0.1) is 5.60 Å². The van der Waals surface area contributed by atoms with Crippen molar-refractivity contribution in [3.63, 3.8) is 0 Å². The molecule has 122 valence electrons. The van der Waals surface area contributed by atoms with Crippen molar-refractivity contribution in [1.82, 2.24) is 4.90 Å². The number of benzene rings is 1. The number of hydrogen-bond donors (Lipinski definition) is 2. The second kappa shape index (κ2) is 6.39. The van der Waals surface area contributed by atoms with Crippen LogP contribution in [0.2, 0.25) is 0 Å². The van der Waals surface area contributed by atoms with Gasteiger partial charge in [-0.3, -0.25) is 9.69 Å². The van der Waals surface area contributed by atoms with Crippen molar-refractivity contribution in [1.29, 1.82) is 0 Å². The Kier molecular flexibility index (Phi) is 4.48. The lowest BCUT2D eigenvalue weighted by atomic mass is 9.94. The Morgan fingerprint density at radius 2 is 2.09 bits per heavy atom. The van der Waals surface area contributed by atoms with Gasteiger partial charge in [0.2, 0.25) is 0 Å². The van der Waals surface area contributed by atoms with Gasteiger partial charge in [-0.25, -0.2) is 4.39 Å². The Labute approximate surface area is 137 Å². The number of nitrogens with zero attached hydrogens (tertiary/aromatic N) is 1. The SMILES string of the molecule is O=C(O)C(c1ccsc1)N1CCC(O)(Cc2ccc(F)cc2)C1. The predicted molar refractivity (Wildman–Crippen MR) is 85.9 cm³/mol. The number of carbonyl (C=O) groups is 1. The number of aliphatic carboxylic acids is 1. The minimum atomic E-state index is -0.985. The standard InChI is InChI=1S/C17H18FNO3S/c18-14-3-1-12(2-4-14)9-17(22)6-7-19(11-17)15(16(20)21)13-5-8-23-10-13/h1-5,8,10,15,22H,6-7,9,11H2,(H,20,21). The first-order chi connectivity index (χ1) is 11.0. The van der Waals surface area contributed by atoms with Crippen LogP contribution in [0.3, 0.4) is 0 Å². The maximum atomic E-state index is 13.0. The molecule has 1 aromatic heterocycles. The van der Waals surface area contributed by atoms with Crippen molar-refractivity contribution in [2.75, 3.05) is 13.1 Å². The Bertz CT molecular complexity index is 674. The summed E-state index contributed by atoms with van der Waals surface area (Å²) >= 11 is 1.46. The molecule has 2 heterocycles. The number of carboxylic acid groups (broad SMARTS) is 1. The summed E-state index contributed by atoms with van der Waals surface area (Å²) in [4.78, 5) is 13.4. The smallest absolute Gasteiger partial charge is 0.325 e. The number of likely N-dealkylation sites (tertiary alicyclic amines) is 1. The summed E-state index contributed by atoms with van der Waals surface area (Å²) in [6, 6.07) is 7.13. The molecular weight excluding hydrogens is 317 g/mol. The molecule has 4 nitrogen and oxygen atoms in total. The molecule has 0 saturated carbocycles. The van der Waals surface area contributed by atoms with Crippen molar-refractivity contribution < 1.29 is 19.4 Å². The highest BCUT2D eigenvalue weighted by molar-refractivity contribution is 7.08. The molecule has 0 radical (unpaired) electrons. The Morgan fingerprint density at radius 3 is 2.70 bits per heavy atom. The van der Waals surface area contributed by atoms with Crippen molar-refractivity contribution >= 4 is 17.3 Å². The van der Waals surface area contributed by atoms with Crippen molar-refractivity contribution in [3.8, 4) is 0 Å². The molecular formula is C17H18FNO3S. The van der Waals surface area contributed by atoms with Gasteiger partial charge in [0.15, 0.2) is 0 Å². The van der Waals surface area contributed by atoms with E-state index in [9.17, 15) is 19.4 Å². The molecule has 2 unspecified atom stereocenters. The normalized spacial score (nSPS) is 23.0. The number of thiophene rings is 1. The molecule has 0 spiro atoms. The summed E-state index contributed by atoms with van der Waals surface area (Å²) in [6.07, 6.45) is 0.887. The third-order valence-electron chi connectivity index (χ3n) is 4.27. The number of rotatable bonds is 5. The Morgan fingerprint density at radius 1 is 1.35 bits per heavy atom. The summed E-state index contributed by atoms with van der Waals surface area (Å²) in [6.45, 7) is 0.807. The van der Waals surface area contributed by atoms with Crippen LogP contribution in [0.25, 0.3) is 0 Å². The Hall–Kier alpha value is -1.76. The summed E-state index contributed by atoms with van der Waals surface area (Å²) in [5.74, 6) is -1.22. The third kappa shape index (κ3) is 3.60. The van der Waals surface area contributed by atoms with E-state index in [1.807, 2.05) is 10.8 Å². The first-order valence-electron chi connectivity index (χ1n) is 7.43. The number of aliphatic hydroxyl groups is 1. The highest BCUT2D eigenvalue weighted by Crippen LogP contribution is 2.33. The van der Waals surface area contributed by atoms with Gasteiger partial charge in [-0.2, -0.15) is 11.3 Å². The molecule has 1 aliphatic rings. The van der Waals surface area contributed by atoms with Crippen molar-refractivity contribution in [3.05, 3.63) is 58.0 Å². The monoisotopic (exact) mass is 335 g/mol. The highest BCUT2D eigenvalue weighted by Gasteiger charge is 2.41. The van der Waals surface area contributed by atoms with E-state index < -0.39 is 17.6 Å². The number of halogens is 1. The zero-order valence-corrected chi connectivity index (χ0v) is 13.3. The second-order valence-corrected chi connectivity index (χ2v) is 6.83. The van der Waals surface area contributed by atoms with E-state index in [1.165, 1.54) is 23.5 Å². The quantitative estimate of drug-likeness (QED) is 0.882. The van der Waals surface area contributed by atoms with Crippen LogP contribution < -0.4 is 0 Å². The van der Waals surface area contributed by atoms with Gasteiger partial charge in [-0.1, -0.05) is 12.1 Å². The third-order valence-corrected chi connectivity index (χ3v) is 4.97. The van der Waals surface area contributed by atoms with Crippen LogP contribution >= 0.6 is 11.3 Å². The van der Waals surface area contributed by atoms with Crippen LogP contribution in [0.5, 0.6) is 0 Å². The maximum Gasteiger partial charge on any atom is 0.325 e. The average Bonchev–Trinajstić information content (AvgIpc) is 3.13. The average molecular weight is 335 g/mol. The van der Waals surface area contributed by atoms with E-state index >= 15 is 0 Å². The van der Waals surface area contributed by atoms with Crippen LogP contribution in [-0.2, 0) is 11.2 Å². The van der Waals surface area contributed by atoms with Crippen molar-refractivity contribution in [2.45, 2.75) is 24.5 Å². The van der Waals surface area contributed by atoms with Gasteiger partial charge in [0.1, 0.15) is 11.9 Å². The van der Waals surface area contributed by atoms with Crippen molar-refractivity contribution in [2.24, 2.45) is 0 Å². The number of hydrogen-bond acceptors (Lipinski definition) is 4. The molecule has 0 aliphatic carbocycles. The fourth-order valence-electron chi connectivity index (χ4n) is 3.17. The summed E-state index contributed by atoms with van der Waals surface area (Å²) in [5, 5.41) is 24.0. The molecule has 0 bridgehead atoms. The largest absolute Gasteiger partial charge is 0.480 e. The van der Waals surface area contributed by atoms with Crippen LogP contribution in [0.1, 0.15) is 23.6 Å². The molecule has 1 aliphatic heterocycles. The fourth-order valence-corrected chi connectivity index (χ4v) is 3.85. The van der Waals surface area contributed by atoms with Crippen LogP contribution in [0.4, 0.5) is 4.39 Å². The fraction of sp³-hybridized carbons (Fsp3) is 0.353. The molecule has 1 saturated heterocycles. The topological polar surface area (TPSA) is 60.8 Å². The molecule has 1 fully saturated rings. The summed E-state index contributed by atoms with van der Waals surface area (Å²) in [5.41, 5.74) is 0.605. The summed E-state index contributed by atoms with van der Waals surface area (Å²) < 4.78 is 13.0. The van der Waals surface area contributed by atoms with Gasteiger partial charge in [-0.05, 0) is 46.5 Å². The van der Waals surface area contributed by atoms with Crippen LogP contribution in [-0.4, -0.2) is 39.8 Å². The minimum absolute atomic E-state index is 0.289. The maximum absolute atomic E-state index is 13.0. The van der Waals surface area contributed by atoms with Gasteiger partial charge in [0, 0.05) is 19.5 Å². The van der Waals surface area contributed by atoms with Crippen LogP contribution in [0, 0.1) is 5.82 Å². The van der Waals surface area contributed by atoms with Crippen LogP contribution in [0.15, 0.2) is 41.1 Å². The number of β-amino-alcohol motifs (C(OH)–C–C–N with tert-alkyl or cyclic N) is 1. The molecule has 23 heavy (non-hydrogen) atoms. The lowest BCUT2D eigenvalue weighted by Crippen LogP contribution is -2.38. The molecule has 6 heteroatoms. The van der Waals surface area contributed by atoms with E-state index in [0.717, 1.165) is 11.1 Å². The first kappa shape index (κ1) is 16.1. The molecule has 2 N–H and O–H groups in total. The second-order valence-electron chi connectivity index (χ2n) is 6.05. The van der Waals surface area contributed by atoms with Gasteiger partial charge in [0.25, 0.3) is 0 Å². The zero-order valence-electron chi connectivity index (χ0n) is 12.5. The van der Waals surface area contributed by atoms with E-state index in [0.29, 0.717) is 19.4 Å². The zero-order chi connectivity index (χ0) is 16.4. The molecule has 0 amide bonds. The lowest BCUT2D eigenvalue weighted by molar-refractivity contribution is -0.143. The predicted octanol–water partition coefficient (Wildman–Crippen LogP) is 2.69. The molecule has 2 atom stereocenters. The van der Waals surface area contributed by atoms with E-state index in [1.54, 1.807) is 23.1 Å². The highest BCUT2D eigenvalue weighted by atomic mass is 32.1.